The van der Waals surface area contributed by atoms with Crippen LogP contribution in [0.2, 0.25) is 0 Å². The number of rotatable bonds is 26. The first kappa shape index (κ1) is 30.0. The summed E-state index contributed by atoms with van der Waals surface area (Å²) in [5.41, 5.74) is 0. The minimum atomic E-state index is 0.949. The molecule has 0 aliphatic rings. The van der Waals surface area contributed by atoms with Gasteiger partial charge in [0.1, 0.15) is 0 Å². The van der Waals surface area contributed by atoms with Gasteiger partial charge in [-0.25, -0.2) is 0 Å². The van der Waals surface area contributed by atoms with Crippen molar-refractivity contribution in [2.24, 2.45) is 5.92 Å². The average molecular weight is 423 g/mol. The van der Waals surface area contributed by atoms with Crippen LogP contribution in [0, 0.1) is 5.92 Å². The topological polar surface area (TPSA) is 0 Å². The van der Waals surface area contributed by atoms with E-state index in [1.165, 1.54) is 167 Å². The molecule has 0 heterocycles. The zero-order valence-electron chi connectivity index (χ0n) is 22.0. The first-order valence-electron chi connectivity index (χ1n) is 14.8. The summed E-state index contributed by atoms with van der Waals surface area (Å²) in [4.78, 5) is 0. The van der Waals surface area contributed by atoms with E-state index in [-0.39, 0.29) is 0 Å². The smallest absolute Gasteiger partial charge is 0.0445 e. The molecule has 0 fully saturated rings. The molecule has 0 unspecified atom stereocenters. The van der Waals surface area contributed by atoms with Gasteiger partial charge < -0.3 is 0 Å². The summed E-state index contributed by atoms with van der Waals surface area (Å²) < 4.78 is 0. The molecule has 0 nitrogen and oxygen atoms in total. The van der Waals surface area contributed by atoms with Crippen LogP contribution in [0.1, 0.15) is 188 Å². The van der Waals surface area contributed by atoms with E-state index in [9.17, 15) is 0 Å². The molecule has 0 saturated carbocycles. The van der Waals surface area contributed by atoms with Gasteiger partial charge in [0.05, 0.1) is 0 Å². The lowest BCUT2D eigenvalue weighted by Crippen LogP contribution is -1.91. The van der Waals surface area contributed by atoms with Gasteiger partial charge in [0.15, 0.2) is 0 Å². The van der Waals surface area contributed by atoms with Gasteiger partial charge in [-0.3, -0.25) is 0 Å². The van der Waals surface area contributed by atoms with Crippen LogP contribution in [0.15, 0.2) is 0 Å². The van der Waals surface area contributed by atoms with E-state index >= 15 is 0 Å². The summed E-state index contributed by atoms with van der Waals surface area (Å²) in [5, 5.41) is 0. The molecule has 0 spiro atoms. The zero-order valence-corrected chi connectivity index (χ0v) is 22.0. The number of unbranched alkanes of at least 4 members (excludes halogenated alkanes) is 23. The Morgan fingerprint density at radius 2 is 0.567 bits per heavy atom. The van der Waals surface area contributed by atoms with E-state index in [4.69, 9.17) is 0 Å². The molecule has 0 aromatic rings. The molecular formula is C30H62. The molecule has 0 aliphatic carbocycles. The Balaban J connectivity index is 3.00. The van der Waals surface area contributed by atoms with E-state index in [2.05, 4.69) is 20.8 Å². The predicted octanol–water partition coefficient (Wildman–Crippen LogP) is 11.8. The Labute approximate surface area is 193 Å². The maximum Gasteiger partial charge on any atom is -0.0445 e. The monoisotopic (exact) mass is 422 g/mol. The quantitative estimate of drug-likeness (QED) is 0.122. The predicted molar refractivity (Wildman–Crippen MR) is 141 cm³/mol. The Hall–Kier alpha value is 0. The van der Waals surface area contributed by atoms with E-state index in [0.717, 1.165) is 5.92 Å². The fraction of sp³-hybridized carbons (Fsp3) is 1.00. The molecule has 0 saturated heterocycles. The summed E-state index contributed by atoms with van der Waals surface area (Å²) in [6.07, 6.45) is 38.4. The normalized spacial score (nSPS) is 12.5. The molecule has 182 valence electrons. The second-order valence-electron chi connectivity index (χ2n) is 10.4. The summed E-state index contributed by atoms with van der Waals surface area (Å²) in [7, 11) is 0. The van der Waals surface area contributed by atoms with Gasteiger partial charge in [-0.1, -0.05) is 188 Å². The van der Waals surface area contributed by atoms with Gasteiger partial charge in [0, 0.05) is 0 Å². The molecule has 0 radical (unpaired) electrons. The van der Waals surface area contributed by atoms with Crippen LogP contribution < -0.4 is 0 Å². The van der Waals surface area contributed by atoms with Gasteiger partial charge >= 0.3 is 0 Å². The molecule has 0 rings (SSSR count). The fourth-order valence-electron chi connectivity index (χ4n) is 4.66. The third kappa shape index (κ3) is 26.0. The van der Waals surface area contributed by atoms with Gasteiger partial charge in [-0.15, -0.1) is 0 Å². The lowest BCUT2D eigenvalue weighted by molar-refractivity contribution is 0.468. The Morgan fingerprint density at radius 3 is 0.800 bits per heavy atom. The van der Waals surface area contributed by atoms with Crippen molar-refractivity contribution in [3.8, 4) is 0 Å². The van der Waals surface area contributed by atoms with Crippen LogP contribution in [-0.4, -0.2) is 0 Å². The highest BCUT2D eigenvalue weighted by Crippen LogP contribution is 2.17. The van der Waals surface area contributed by atoms with Crippen LogP contribution in [0.3, 0.4) is 0 Å². The van der Waals surface area contributed by atoms with E-state index in [1.54, 1.807) is 0 Å². The van der Waals surface area contributed by atoms with Crippen molar-refractivity contribution in [3.05, 3.63) is 0 Å². The van der Waals surface area contributed by atoms with Crippen molar-refractivity contribution in [2.75, 3.05) is 0 Å². The molecule has 0 bridgehead atoms. The van der Waals surface area contributed by atoms with Gasteiger partial charge in [-0.05, 0) is 5.92 Å². The summed E-state index contributed by atoms with van der Waals surface area (Å²) in [5.74, 6) is 0.949. The lowest BCUT2D eigenvalue weighted by Gasteiger charge is -2.07. The summed E-state index contributed by atoms with van der Waals surface area (Å²) in [6.45, 7) is 7.03. The SMILES string of the molecule is CCCCCCCCCCCCCCCCCCCCCCCCCC[C@@H](C)CC. The molecule has 0 aliphatic heterocycles. The van der Waals surface area contributed by atoms with E-state index in [1.807, 2.05) is 0 Å². The lowest BCUT2D eigenvalue weighted by atomic mass is 9.99. The molecule has 0 N–H and O–H groups in total. The summed E-state index contributed by atoms with van der Waals surface area (Å²) >= 11 is 0. The Bertz CT molecular complexity index is 282. The highest BCUT2D eigenvalue weighted by molar-refractivity contribution is 4.53. The van der Waals surface area contributed by atoms with Crippen molar-refractivity contribution < 1.29 is 0 Å². The maximum atomic E-state index is 2.40. The van der Waals surface area contributed by atoms with E-state index < -0.39 is 0 Å². The summed E-state index contributed by atoms with van der Waals surface area (Å²) in [6, 6.07) is 0. The number of hydrogen-bond acceptors (Lipinski definition) is 0. The first-order valence-corrected chi connectivity index (χ1v) is 14.8. The molecular weight excluding hydrogens is 360 g/mol. The Morgan fingerprint density at radius 1 is 0.333 bits per heavy atom. The van der Waals surface area contributed by atoms with Gasteiger partial charge in [-0.2, -0.15) is 0 Å². The largest absolute Gasteiger partial charge is 0.0654 e. The van der Waals surface area contributed by atoms with Crippen LogP contribution in [-0.2, 0) is 0 Å². The first-order chi connectivity index (χ1) is 14.8. The third-order valence-corrected chi connectivity index (χ3v) is 7.25. The molecule has 1 atom stereocenters. The van der Waals surface area contributed by atoms with Crippen LogP contribution in [0.4, 0.5) is 0 Å². The van der Waals surface area contributed by atoms with Gasteiger partial charge in [0.25, 0.3) is 0 Å². The maximum absolute atomic E-state index is 2.40. The fourth-order valence-corrected chi connectivity index (χ4v) is 4.66. The minimum Gasteiger partial charge on any atom is -0.0654 e. The van der Waals surface area contributed by atoms with Crippen LogP contribution in [0.25, 0.3) is 0 Å². The zero-order chi connectivity index (χ0) is 22.0. The van der Waals surface area contributed by atoms with Crippen LogP contribution >= 0.6 is 0 Å². The molecule has 0 heteroatoms. The minimum absolute atomic E-state index is 0.949. The molecule has 30 heavy (non-hydrogen) atoms. The Kier molecular flexibility index (Phi) is 27.0. The molecule has 0 aromatic heterocycles. The van der Waals surface area contributed by atoms with Gasteiger partial charge in [0.2, 0.25) is 0 Å². The second kappa shape index (κ2) is 27.0. The van der Waals surface area contributed by atoms with Crippen LogP contribution in [0.5, 0.6) is 0 Å². The standard InChI is InChI=1S/C30H62/c1-4-6-7-8-9-10-11-12-13-14-15-16-17-18-19-20-21-22-23-24-25-26-27-28-29-30(3)5-2/h30H,4-29H2,1-3H3/t30-/m0/s1. The van der Waals surface area contributed by atoms with Crippen molar-refractivity contribution in [3.63, 3.8) is 0 Å². The van der Waals surface area contributed by atoms with Crippen molar-refractivity contribution in [2.45, 2.75) is 188 Å². The third-order valence-electron chi connectivity index (χ3n) is 7.25. The number of hydrogen-bond donors (Lipinski definition) is 0. The second-order valence-corrected chi connectivity index (χ2v) is 10.4. The van der Waals surface area contributed by atoms with Crippen molar-refractivity contribution in [1.29, 1.82) is 0 Å². The van der Waals surface area contributed by atoms with Crippen molar-refractivity contribution >= 4 is 0 Å². The molecule has 0 amide bonds. The van der Waals surface area contributed by atoms with Crippen molar-refractivity contribution in [1.82, 2.24) is 0 Å². The van der Waals surface area contributed by atoms with E-state index in [0.29, 0.717) is 0 Å². The highest BCUT2D eigenvalue weighted by Gasteiger charge is 1.98. The highest BCUT2D eigenvalue weighted by atomic mass is 14.0. The molecule has 0 aromatic carbocycles. The average Bonchev–Trinajstić information content (AvgIpc) is 2.76.